The summed E-state index contributed by atoms with van der Waals surface area (Å²) in [5, 5.41) is 9.21. The lowest BCUT2D eigenvalue weighted by Gasteiger charge is -2.21. The number of halogens is 1. The largest absolute Gasteiger partial charge is 0.490 e. The molecule has 0 bridgehead atoms. The molecular weight excluding hydrogens is 455 g/mol. The molecule has 1 amide bonds. The fraction of sp³-hybridized carbons (Fsp3) is 0.600. The average molecular weight is 488 g/mol. The molecule has 6 nitrogen and oxygen atoms in total. The molecule has 0 aliphatic heterocycles. The van der Waals surface area contributed by atoms with Crippen LogP contribution >= 0.6 is 24.0 Å². The number of aliphatic imine (C=N–C) groups is 1. The van der Waals surface area contributed by atoms with E-state index in [1.54, 1.807) is 7.05 Å². The Balaban J connectivity index is 0.00000364. The molecule has 0 spiro atoms. The lowest BCUT2D eigenvalue weighted by molar-refractivity contribution is -0.121. The molecule has 7 heteroatoms. The van der Waals surface area contributed by atoms with Crippen LogP contribution in [0.2, 0.25) is 0 Å². The van der Waals surface area contributed by atoms with Crippen molar-refractivity contribution in [3.8, 4) is 5.75 Å². The van der Waals surface area contributed by atoms with E-state index in [0.717, 1.165) is 24.2 Å². The first kappa shape index (κ1) is 23.5. The highest BCUT2D eigenvalue weighted by atomic mass is 127. The van der Waals surface area contributed by atoms with Gasteiger partial charge in [-0.15, -0.1) is 24.0 Å². The molecule has 2 rings (SSSR count). The van der Waals surface area contributed by atoms with Crippen LogP contribution < -0.4 is 20.7 Å². The van der Waals surface area contributed by atoms with Crippen molar-refractivity contribution in [2.75, 3.05) is 13.6 Å². The molecule has 1 aromatic carbocycles. The molecule has 27 heavy (non-hydrogen) atoms. The van der Waals surface area contributed by atoms with Gasteiger partial charge in [0, 0.05) is 24.7 Å². The predicted molar refractivity (Wildman–Crippen MR) is 121 cm³/mol. The number of benzene rings is 1. The van der Waals surface area contributed by atoms with E-state index in [0.29, 0.717) is 18.6 Å². The molecule has 1 saturated carbocycles. The van der Waals surface area contributed by atoms with E-state index < -0.39 is 0 Å². The van der Waals surface area contributed by atoms with Gasteiger partial charge in [-0.3, -0.25) is 9.79 Å². The number of carbonyl (C=O) groups is 1. The van der Waals surface area contributed by atoms with Crippen LogP contribution in [-0.4, -0.2) is 37.1 Å². The summed E-state index contributed by atoms with van der Waals surface area (Å²) in [5.74, 6) is 1.45. The molecule has 0 heterocycles. The van der Waals surface area contributed by atoms with Gasteiger partial charge >= 0.3 is 0 Å². The molecule has 0 unspecified atom stereocenters. The predicted octanol–water partition coefficient (Wildman–Crippen LogP) is 3.21. The van der Waals surface area contributed by atoms with Gasteiger partial charge < -0.3 is 20.7 Å². The number of rotatable bonds is 6. The number of para-hydroxylation sites is 1. The Morgan fingerprint density at radius 1 is 1.19 bits per heavy atom. The van der Waals surface area contributed by atoms with Crippen LogP contribution in [0.1, 0.15) is 52.0 Å². The quantitative estimate of drug-likeness (QED) is 0.327. The molecule has 1 aromatic rings. The number of amides is 1. The minimum Gasteiger partial charge on any atom is -0.490 e. The fourth-order valence-corrected chi connectivity index (χ4v) is 2.98. The SMILES string of the molecule is CN=C(NCC(=O)NC(C)(C)C)NCc1ccccc1OC1CCCC1.I. The first-order chi connectivity index (χ1) is 12.4. The number of carbonyl (C=O) groups excluding carboxylic acids is 1. The van der Waals surface area contributed by atoms with Gasteiger partial charge in [0.2, 0.25) is 5.91 Å². The molecule has 0 saturated heterocycles. The number of ether oxygens (including phenoxy) is 1. The van der Waals surface area contributed by atoms with E-state index in [1.165, 1.54) is 12.8 Å². The number of nitrogens with one attached hydrogen (secondary N) is 3. The fourth-order valence-electron chi connectivity index (χ4n) is 2.98. The third kappa shape index (κ3) is 8.81. The van der Waals surface area contributed by atoms with E-state index >= 15 is 0 Å². The Labute approximate surface area is 179 Å². The van der Waals surface area contributed by atoms with Crippen LogP contribution in [0.5, 0.6) is 5.75 Å². The molecule has 0 aromatic heterocycles. The Hall–Kier alpha value is -1.51. The number of hydrogen-bond acceptors (Lipinski definition) is 3. The van der Waals surface area contributed by atoms with Crippen molar-refractivity contribution >= 4 is 35.8 Å². The van der Waals surface area contributed by atoms with Gasteiger partial charge in [-0.2, -0.15) is 0 Å². The van der Waals surface area contributed by atoms with Gasteiger partial charge in [0.15, 0.2) is 5.96 Å². The summed E-state index contributed by atoms with van der Waals surface area (Å²) in [4.78, 5) is 16.1. The standard InChI is InChI=1S/C20H32N4O2.HI/c1-20(2,3)24-18(25)14-23-19(21-4)22-13-15-9-5-8-12-17(15)26-16-10-6-7-11-16;/h5,8-9,12,16H,6-7,10-11,13-14H2,1-4H3,(H,24,25)(H2,21,22,23);1H. The Morgan fingerprint density at radius 3 is 2.48 bits per heavy atom. The highest BCUT2D eigenvalue weighted by Gasteiger charge is 2.18. The first-order valence-electron chi connectivity index (χ1n) is 9.37. The topological polar surface area (TPSA) is 74.8 Å². The molecule has 152 valence electrons. The van der Waals surface area contributed by atoms with E-state index in [1.807, 2.05) is 39.0 Å². The highest BCUT2D eigenvalue weighted by Crippen LogP contribution is 2.26. The van der Waals surface area contributed by atoms with Crippen molar-refractivity contribution in [3.05, 3.63) is 29.8 Å². The summed E-state index contributed by atoms with van der Waals surface area (Å²) in [5.41, 5.74) is 0.841. The molecule has 1 fully saturated rings. The monoisotopic (exact) mass is 488 g/mol. The molecule has 3 N–H and O–H groups in total. The van der Waals surface area contributed by atoms with Gasteiger partial charge in [-0.25, -0.2) is 0 Å². The van der Waals surface area contributed by atoms with Gasteiger partial charge in [-0.1, -0.05) is 18.2 Å². The zero-order chi connectivity index (χ0) is 19.0. The van der Waals surface area contributed by atoms with Crippen molar-refractivity contribution in [1.29, 1.82) is 0 Å². The van der Waals surface area contributed by atoms with E-state index in [4.69, 9.17) is 4.74 Å². The summed E-state index contributed by atoms with van der Waals surface area (Å²) >= 11 is 0. The normalized spacial score (nSPS) is 15.0. The second-order valence-corrected chi connectivity index (χ2v) is 7.71. The lowest BCUT2D eigenvalue weighted by Crippen LogP contribution is -2.48. The van der Waals surface area contributed by atoms with Gasteiger partial charge in [0.1, 0.15) is 5.75 Å². The minimum atomic E-state index is -0.244. The van der Waals surface area contributed by atoms with Crippen LogP contribution in [0, 0.1) is 0 Å². The zero-order valence-electron chi connectivity index (χ0n) is 16.8. The smallest absolute Gasteiger partial charge is 0.239 e. The molecular formula is C20H33IN4O2. The van der Waals surface area contributed by atoms with E-state index in [2.05, 4.69) is 27.0 Å². The van der Waals surface area contributed by atoms with E-state index in [9.17, 15) is 4.79 Å². The van der Waals surface area contributed by atoms with Crippen molar-refractivity contribution in [2.45, 2.75) is 64.6 Å². The number of nitrogens with zero attached hydrogens (tertiary/aromatic N) is 1. The summed E-state index contributed by atoms with van der Waals surface area (Å²) in [7, 11) is 1.69. The lowest BCUT2D eigenvalue weighted by atomic mass is 10.1. The molecule has 0 atom stereocenters. The van der Waals surface area contributed by atoms with Gasteiger partial charge in [0.25, 0.3) is 0 Å². The second kappa shape index (κ2) is 11.4. The number of guanidine groups is 1. The molecule has 1 aliphatic rings. The summed E-state index contributed by atoms with van der Waals surface area (Å²) in [6.45, 7) is 6.64. The second-order valence-electron chi connectivity index (χ2n) is 7.71. The average Bonchev–Trinajstić information content (AvgIpc) is 3.08. The Kier molecular flexibility index (Phi) is 9.90. The summed E-state index contributed by atoms with van der Waals surface area (Å²) < 4.78 is 6.16. The van der Waals surface area contributed by atoms with E-state index in [-0.39, 0.29) is 42.0 Å². The molecule has 0 radical (unpaired) electrons. The van der Waals surface area contributed by atoms with Crippen molar-refractivity contribution in [2.24, 2.45) is 4.99 Å². The Bertz CT molecular complexity index is 623. The highest BCUT2D eigenvalue weighted by molar-refractivity contribution is 14.0. The summed E-state index contributed by atoms with van der Waals surface area (Å²) in [6.07, 6.45) is 5.09. The van der Waals surface area contributed by atoms with Crippen molar-refractivity contribution < 1.29 is 9.53 Å². The van der Waals surface area contributed by atoms with Gasteiger partial charge in [-0.05, 0) is 52.5 Å². The van der Waals surface area contributed by atoms with Crippen molar-refractivity contribution in [3.63, 3.8) is 0 Å². The van der Waals surface area contributed by atoms with Crippen LogP contribution in [-0.2, 0) is 11.3 Å². The van der Waals surface area contributed by atoms with Crippen LogP contribution in [0.4, 0.5) is 0 Å². The van der Waals surface area contributed by atoms with Crippen molar-refractivity contribution in [1.82, 2.24) is 16.0 Å². The van der Waals surface area contributed by atoms with Crippen LogP contribution in [0.25, 0.3) is 0 Å². The maximum absolute atomic E-state index is 11.9. The third-order valence-electron chi connectivity index (χ3n) is 4.17. The minimum absolute atomic E-state index is 0. The maximum atomic E-state index is 11.9. The summed E-state index contributed by atoms with van der Waals surface area (Å²) in [6, 6.07) is 8.07. The number of hydrogen-bond donors (Lipinski definition) is 3. The maximum Gasteiger partial charge on any atom is 0.239 e. The third-order valence-corrected chi connectivity index (χ3v) is 4.17. The zero-order valence-corrected chi connectivity index (χ0v) is 19.1. The van der Waals surface area contributed by atoms with Crippen LogP contribution in [0.15, 0.2) is 29.3 Å². The Morgan fingerprint density at radius 2 is 1.85 bits per heavy atom. The van der Waals surface area contributed by atoms with Crippen LogP contribution in [0.3, 0.4) is 0 Å². The molecule has 1 aliphatic carbocycles. The first-order valence-corrected chi connectivity index (χ1v) is 9.37. The van der Waals surface area contributed by atoms with Gasteiger partial charge in [0.05, 0.1) is 12.6 Å².